The summed E-state index contributed by atoms with van der Waals surface area (Å²) in [6, 6.07) is 4.02. The molecule has 4 nitrogen and oxygen atoms in total. The molecule has 0 fully saturated rings. The van der Waals surface area contributed by atoms with Gasteiger partial charge in [0.1, 0.15) is 12.4 Å². The summed E-state index contributed by atoms with van der Waals surface area (Å²) in [7, 11) is 0. The quantitative estimate of drug-likeness (QED) is 0.794. The molecule has 1 aromatic carbocycles. The third-order valence-corrected chi connectivity index (χ3v) is 2.71. The van der Waals surface area contributed by atoms with E-state index in [0.29, 0.717) is 5.69 Å². The Morgan fingerprint density at radius 2 is 2.17 bits per heavy atom. The molecule has 0 saturated heterocycles. The molecule has 0 aliphatic carbocycles. The first-order valence-electron chi connectivity index (χ1n) is 5.83. The summed E-state index contributed by atoms with van der Waals surface area (Å²) in [6.45, 7) is 5.63. The van der Waals surface area contributed by atoms with Crippen molar-refractivity contribution in [2.45, 2.75) is 32.8 Å². The zero-order valence-electron chi connectivity index (χ0n) is 10.9. The van der Waals surface area contributed by atoms with Crippen LogP contribution in [0.5, 0.6) is 0 Å². The van der Waals surface area contributed by atoms with Gasteiger partial charge in [-0.1, -0.05) is 6.92 Å². The van der Waals surface area contributed by atoms with E-state index in [4.69, 9.17) is 10.5 Å². The van der Waals surface area contributed by atoms with Crippen LogP contribution < -0.4 is 11.1 Å². The first-order valence-corrected chi connectivity index (χ1v) is 5.83. The lowest BCUT2D eigenvalue weighted by molar-refractivity contribution is -0.126. The molecule has 1 amide bonds. The first-order chi connectivity index (χ1) is 8.34. The molecule has 0 aliphatic rings. The average molecular weight is 254 g/mol. The van der Waals surface area contributed by atoms with E-state index in [1.807, 2.05) is 20.8 Å². The molecule has 0 unspecified atom stereocenters. The predicted octanol–water partition coefficient (Wildman–Crippen LogP) is 2.55. The van der Waals surface area contributed by atoms with Crippen LogP contribution in [0.3, 0.4) is 0 Å². The highest BCUT2D eigenvalue weighted by molar-refractivity contribution is 5.92. The van der Waals surface area contributed by atoms with Gasteiger partial charge >= 0.3 is 0 Å². The maximum atomic E-state index is 13.4. The topological polar surface area (TPSA) is 64.3 Å². The van der Waals surface area contributed by atoms with E-state index in [-0.39, 0.29) is 17.9 Å². The lowest BCUT2D eigenvalue weighted by Crippen LogP contribution is -2.29. The van der Waals surface area contributed by atoms with Gasteiger partial charge < -0.3 is 15.8 Å². The minimum absolute atomic E-state index is 0.0675. The van der Waals surface area contributed by atoms with Crippen LogP contribution in [0.4, 0.5) is 15.8 Å². The molecule has 18 heavy (non-hydrogen) atoms. The first kappa shape index (κ1) is 14.4. The smallest absolute Gasteiger partial charge is 0.250 e. The summed E-state index contributed by atoms with van der Waals surface area (Å²) in [5.41, 5.74) is 5.61. The van der Waals surface area contributed by atoms with Crippen molar-refractivity contribution >= 4 is 17.3 Å². The Labute approximate surface area is 106 Å². The minimum Gasteiger partial charge on any atom is -0.399 e. The molecule has 5 heteroatoms. The maximum absolute atomic E-state index is 13.4. The normalized spacial score (nSPS) is 11.3. The van der Waals surface area contributed by atoms with Crippen molar-refractivity contribution in [3.8, 4) is 0 Å². The van der Waals surface area contributed by atoms with Gasteiger partial charge in [0.05, 0.1) is 11.3 Å². The molecule has 100 valence electrons. The second kappa shape index (κ2) is 5.82. The summed E-state index contributed by atoms with van der Waals surface area (Å²) < 4.78 is 18.8. The number of nitrogens with two attached hydrogens (primary N) is 1. The number of carbonyl (C=O) groups excluding carboxylic acids is 1. The van der Waals surface area contributed by atoms with Crippen molar-refractivity contribution in [3.63, 3.8) is 0 Å². The molecule has 1 rings (SSSR count). The van der Waals surface area contributed by atoms with Crippen LogP contribution in [-0.4, -0.2) is 18.1 Å². The second-order valence-corrected chi connectivity index (χ2v) is 4.69. The van der Waals surface area contributed by atoms with Crippen LogP contribution in [0.15, 0.2) is 18.2 Å². The summed E-state index contributed by atoms with van der Waals surface area (Å²) in [6.07, 6.45) is 0.785. The zero-order chi connectivity index (χ0) is 13.8. The molecule has 0 aliphatic heterocycles. The van der Waals surface area contributed by atoms with Crippen molar-refractivity contribution in [3.05, 3.63) is 24.0 Å². The molecule has 1 aromatic rings. The average Bonchev–Trinajstić information content (AvgIpc) is 2.31. The number of ether oxygens (including phenoxy) is 1. The van der Waals surface area contributed by atoms with Gasteiger partial charge in [-0.2, -0.15) is 0 Å². The number of carbonyl (C=O) groups is 1. The molecule has 0 bridgehead atoms. The number of hydrogen-bond donors (Lipinski definition) is 2. The summed E-state index contributed by atoms with van der Waals surface area (Å²) in [5.74, 6) is -0.923. The van der Waals surface area contributed by atoms with Crippen molar-refractivity contribution in [1.29, 1.82) is 0 Å². The van der Waals surface area contributed by atoms with E-state index in [1.165, 1.54) is 18.2 Å². The summed E-state index contributed by atoms with van der Waals surface area (Å²) in [5, 5.41) is 2.43. The minimum atomic E-state index is -0.521. The van der Waals surface area contributed by atoms with Crippen LogP contribution in [0.25, 0.3) is 0 Å². The number of nitrogens with one attached hydrogen (secondary N) is 1. The Bertz CT molecular complexity index is 433. The van der Waals surface area contributed by atoms with Gasteiger partial charge in [0.15, 0.2) is 0 Å². The molecule has 3 N–H and O–H groups in total. The van der Waals surface area contributed by atoms with Crippen molar-refractivity contribution in [1.82, 2.24) is 0 Å². The molecule has 0 saturated carbocycles. The number of anilines is 2. The molecule has 0 spiro atoms. The lowest BCUT2D eigenvalue weighted by Gasteiger charge is -2.23. The Morgan fingerprint density at radius 1 is 1.50 bits per heavy atom. The van der Waals surface area contributed by atoms with E-state index >= 15 is 0 Å². The summed E-state index contributed by atoms with van der Waals surface area (Å²) in [4.78, 5) is 11.6. The van der Waals surface area contributed by atoms with E-state index in [2.05, 4.69) is 5.32 Å². The maximum Gasteiger partial charge on any atom is 0.250 e. The Hall–Kier alpha value is -1.62. The Balaban J connectivity index is 2.57. The van der Waals surface area contributed by atoms with Crippen LogP contribution in [-0.2, 0) is 9.53 Å². The molecule has 0 heterocycles. The molecule has 0 aromatic heterocycles. The molecular weight excluding hydrogens is 235 g/mol. The fourth-order valence-corrected chi connectivity index (χ4v) is 1.19. The number of halogens is 1. The fourth-order valence-electron chi connectivity index (χ4n) is 1.19. The number of rotatable bonds is 5. The highest BCUT2D eigenvalue weighted by atomic mass is 19.1. The van der Waals surface area contributed by atoms with E-state index in [9.17, 15) is 9.18 Å². The highest BCUT2D eigenvalue weighted by Gasteiger charge is 2.17. The van der Waals surface area contributed by atoms with Crippen molar-refractivity contribution in [2.24, 2.45) is 0 Å². The lowest BCUT2D eigenvalue weighted by atomic mass is 10.1. The molecular formula is C13H19FN2O2. The molecule has 0 atom stereocenters. The van der Waals surface area contributed by atoms with Crippen LogP contribution in [0, 0.1) is 5.82 Å². The van der Waals surface area contributed by atoms with Gasteiger partial charge in [-0.25, -0.2) is 4.39 Å². The van der Waals surface area contributed by atoms with Gasteiger partial charge in [0.2, 0.25) is 5.91 Å². The van der Waals surface area contributed by atoms with E-state index in [0.717, 1.165) is 6.42 Å². The number of amides is 1. The van der Waals surface area contributed by atoms with Crippen LogP contribution in [0.2, 0.25) is 0 Å². The number of benzene rings is 1. The predicted molar refractivity (Wildman–Crippen MR) is 69.8 cm³/mol. The molecule has 0 radical (unpaired) electrons. The zero-order valence-corrected chi connectivity index (χ0v) is 10.9. The number of nitrogen functional groups attached to an aromatic ring is 1. The second-order valence-electron chi connectivity index (χ2n) is 4.69. The van der Waals surface area contributed by atoms with E-state index in [1.54, 1.807) is 0 Å². The monoisotopic (exact) mass is 254 g/mol. The third-order valence-electron chi connectivity index (χ3n) is 2.71. The standard InChI is InChI=1S/C13H19FN2O2/c1-4-13(2,3)18-8-12(17)16-11-7-9(15)5-6-10(11)14/h5-7H,4,8,15H2,1-3H3,(H,16,17). The van der Waals surface area contributed by atoms with Gasteiger partial charge in [0, 0.05) is 5.69 Å². The van der Waals surface area contributed by atoms with E-state index < -0.39 is 11.7 Å². The van der Waals surface area contributed by atoms with Crippen molar-refractivity contribution < 1.29 is 13.9 Å². The SMILES string of the molecule is CCC(C)(C)OCC(=O)Nc1cc(N)ccc1F. The number of hydrogen-bond acceptors (Lipinski definition) is 3. The largest absolute Gasteiger partial charge is 0.399 e. The van der Waals surface area contributed by atoms with Gasteiger partial charge in [-0.3, -0.25) is 4.79 Å². The Kier molecular flexibility index (Phi) is 4.67. The van der Waals surface area contributed by atoms with Crippen LogP contribution in [0.1, 0.15) is 27.2 Å². The highest BCUT2D eigenvalue weighted by Crippen LogP contribution is 2.18. The third kappa shape index (κ3) is 4.33. The summed E-state index contributed by atoms with van der Waals surface area (Å²) >= 11 is 0. The van der Waals surface area contributed by atoms with Gasteiger partial charge in [-0.15, -0.1) is 0 Å². The van der Waals surface area contributed by atoms with Crippen LogP contribution >= 0.6 is 0 Å². The Morgan fingerprint density at radius 3 is 2.78 bits per heavy atom. The van der Waals surface area contributed by atoms with Gasteiger partial charge in [0.25, 0.3) is 0 Å². The van der Waals surface area contributed by atoms with Gasteiger partial charge in [-0.05, 0) is 38.5 Å². The van der Waals surface area contributed by atoms with Crippen molar-refractivity contribution in [2.75, 3.05) is 17.7 Å². The fraction of sp³-hybridized carbons (Fsp3) is 0.462.